The number of rotatable bonds is 2. The number of aromatic nitrogens is 2. The maximum absolute atomic E-state index is 12.2. The van der Waals surface area contributed by atoms with E-state index in [1.54, 1.807) is 0 Å². The summed E-state index contributed by atoms with van der Waals surface area (Å²) in [4.78, 5) is 16.4. The summed E-state index contributed by atoms with van der Waals surface area (Å²) in [5, 5.41) is 7.53. The van der Waals surface area contributed by atoms with E-state index in [1.807, 2.05) is 19.1 Å². The van der Waals surface area contributed by atoms with Gasteiger partial charge in [0.25, 0.3) is 5.71 Å². The zero-order valence-corrected chi connectivity index (χ0v) is 11.0. The van der Waals surface area contributed by atoms with Crippen LogP contribution >= 0.6 is 0 Å². The Morgan fingerprint density at radius 2 is 2.11 bits per heavy atom. The zero-order valence-electron chi connectivity index (χ0n) is 11.0. The Kier molecular flexibility index (Phi) is 3.19. The van der Waals surface area contributed by atoms with E-state index in [-0.39, 0.29) is 11.8 Å². The number of aryl methyl sites for hydroxylation is 1. The smallest absolute Gasteiger partial charge is 0.260 e. The van der Waals surface area contributed by atoms with Gasteiger partial charge in [0.2, 0.25) is 5.91 Å². The van der Waals surface area contributed by atoms with Crippen molar-refractivity contribution in [2.75, 3.05) is 5.32 Å². The Morgan fingerprint density at radius 3 is 2.89 bits per heavy atom. The van der Waals surface area contributed by atoms with Gasteiger partial charge in [-0.3, -0.25) is 4.79 Å². The van der Waals surface area contributed by atoms with Crippen LogP contribution in [0.5, 0.6) is 0 Å². The second kappa shape index (κ2) is 4.99. The van der Waals surface area contributed by atoms with Crippen LogP contribution in [-0.4, -0.2) is 16.0 Å². The number of nitrogens with zero attached hydrogens (tertiary/aromatic N) is 2. The van der Waals surface area contributed by atoms with Crippen LogP contribution in [0.25, 0.3) is 11.1 Å². The molecule has 19 heavy (non-hydrogen) atoms. The molecule has 1 aliphatic rings. The lowest BCUT2D eigenvalue weighted by Crippen LogP contribution is -2.24. The Morgan fingerprint density at radius 1 is 1.32 bits per heavy atom. The fraction of sp³-hybridized carbons (Fsp3) is 0.500. The summed E-state index contributed by atoms with van der Waals surface area (Å²) in [6.45, 7) is 1.89. The highest BCUT2D eigenvalue weighted by Gasteiger charge is 2.22. The molecule has 0 aliphatic heterocycles. The van der Waals surface area contributed by atoms with Gasteiger partial charge in [0.15, 0.2) is 5.82 Å². The van der Waals surface area contributed by atoms with Gasteiger partial charge in [-0.25, -0.2) is 4.98 Å². The largest absolute Gasteiger partial charge is 0.334 e. The Labute approximate surface area is 111 Å². The Hall–Kier alpha value is -1.91. The number of carbonyl (C=O) groups excluding carboxylic acids is 1. The highest BCUT2D eigenvalue weighted by molar-refractivity contribution is 5.98. The first-order valence-electron chi connectivity index (χ1n) is 6.78. The third kappa shape index (κ3) is 2.45. The molecule has 1 saturated carbocycles. The molecule has 0 aromatic carbocycles. The number of hydrogen-bond donors (Lipinski definition) is 1. The number of anilines is 1. The molecule has 100 valence electrons. The minimum Gasteiger partial charge on any atom is -0.334 e. The standard InChI is InChI=1S/C14H17N3O2/c1-9-7-8-11-12(17-19-14(11)15-9)16-13(18)10-5-3-2-4-6-10/h7-8,10H,2-6H2,1H3,(H,16,17,18). The molecule has 0 atom stereocenters. The molecule has 0 unspecified atom stereocenters. The van der Waals surface area contributed by atoms with Crippen molar-refractivity contribution in [3.8, 4) is 0 Å². The van der Waals surface area contributed by atoms with Crippen molar-refractivity contribution in [2.45, 2.75) is 39.0 Å². The topological polar surface area (TPSA) is 68.0 Å². The van der Waals surface area contributed by atoms with E-state index in [2.05, 4.69) is 15.5 Å². The summed E-state index contributed by atoms with van der Waals surface area (Å²) in [6, 6.07) is 3.76. The van der Waals surface area contributed by atoms with Crippen LogP contribution in [0.2, 0.25) is 0 Å². The third-order valence-electron chi connectivity index (χ3n) is 3.70. The minimum absolute atomic E-state index is 0.0514. The first-order valence-corrected chi connectivity index (χ1v) is 6.78. The van der Waals surface area contributed by atoms with Crippen molar-refractivity contribution >= 4 is 22.8 Å². The molecule has 0 spiro atoms. The number of hydrogen-bond acceptors (Lipinski definition) is 4. The predicted octanol–water partition coefficient (Wildman–Crippen LogP) is 3.05. The molecule has 1 amide bonds. The van der Waals surface area contributed by atoms with Crippen LogP contribution in [0.15, 0.2) is 16.7 Å². The second-order valence-electron chi connectivity index (χ2n) is 5.16. The van der Waals surface area contributed by atoms with E-state index in [1.165, 1.54) is 6.42 Å². The summed E-state index contributed by atoms with van der Waals surface area (Å²) in [7, 11) is 0. The molecule has 2 heterocycles. The fourth-order valence-corrected chi connectivity index (χ4v) is 2.59. The number of amides is 1. The SMILES string of the molecule is Cc1ccc2c(NC(=O)C3CCCCC3)noc2n1. The summed E-state index contributed by atoms with van der Waals surface area (Å²) in [5.74, 6) is 0.646. The molecular formula is C14H17N3O2. The van der Waals surface area contributed by atoms with Gasteiger partial charge in [-0.2, -0.15) is 0 Å². The molecule has 0 radical (unpaired) electrons. The second-order valence-corrected chi connectivity index (χ2v) is 5.16. The molecule has 2 aromatic rings. The molecule has 5 nitrogen and oxygen atoms in total. The van der Waals surface area contributed by atoms with Crippen LogP contribution in [0.3, 0.4) is 0 Å². The molecule has 1 N–H and O–H groups in total. The molecule has 2 aromatic heterocycles. The van der Waals surface area contributed by atoms with Gasteiger partial charge in [0, 0.05) is 11.6 Å². The van der Waals surface area contributed by atoms with Crippen LogP contribution in [-0.2, 0) is 4.79 Å². The zero-order chi connectivity index (χ0) is 13.2. The molecule has 1 fully saturated rings. The monoisotopic (exact) mass is 259 g/mol. The van der Waals surface area contributed by atoms with Crippen molar-refractivity contribution < 1.29 is 9.32 Å². The van der Waals surface area contributed by atoms with Gasteiger partial charge in [0.1, 0.15) is 0 Å². The molecule has 0 saturated heterocycles. The van der Waals surface area contributed by atoms with E-state index >= 15 is 0 Å². The van der Waals surface area contributed by atoms with Gasteiger partial charge in [-0.1, -0.05) is 24.4 Å². The highest BCUT2D eigenvalue weighted by atomic mass is 16.5. The van der Waals surface area contributed by atoms with Crippen LogP contribution in [0.4, 0.5) is 5.82 Å². The lowest BCUT2D eigenvalue weighted by Gasteiger charge is -2.19. The van der Waals surface area contributed by atoms with Crippen molar-refractivity contribution in [2.24, 2.45) is 5.92 Å². The molecular weight excluding hydrogens is 242 g/mol. The number of nitrogens with one attached hydrogen (secondary N) is 1. The number of carbonyl (C=O) groups is 1. The lowest BCUT2D eigenvalue weighted by molar-refractivity contribution is -0.120. The van der Waals surface area contributed by atoms with Crippen molar-refractivity contribution in [1.82, 2.24) is 10.1 Å². The Balaban J connectivity index is 1.79. The molecule has 1 aliphatic carbocycles. The number of pyridine rings is 1. The average molecular weight is 259 g/mol. The summed E-state index contributed by atoms with van der Waals surface area (Å²) in [6.07, 6.45) is 5.45. The summed E-state index contributed by atoms with van der Waals surface area (Å²) < 4.78 is 5.14. The van der Waals surface area contributed by atoms with Gasteiger partial charge in [0.05, 0.1) is 5.39 Å². The molecule has 0 bridgehead atoms. The summed E-state index contributed by atoms with van der Waals surface area (Å²) >= 11 is 0. The van der Waals surface area contributed by atoms with E-state index in [0.29, 0.717) is 11.5 Å². The van der Waals surface area contributed by atoms with Gasteiger partial charge in [-0.05, 0) is 31.9 Å². The van der Waals surface area contributed by atoms with Crippen molar-refractivity contribution in [3.05, 3.63) is 17.8 Å². The predicted molar refractivity (Wildman–Crippen MR) is 71.7 cm³/mol. The third-order valence-corrected chi connectivity index (χ3v) is 3.70. The van der Waals surface area contributed by atoms with Crippen LogP contribution < -0.4 is 5.32 Å². The van der Waals surface area contributed by atoms with Gasteiger partial charge in [-0.15, -0.1) is 0 Å². The normalized spacial score (nSPS) is 16.7. The van der Waals surface area contributed by atoms with Crippen molar-refractivity contribution in [3.63, 3.8) is 0 Å². The first-order chi connectivity index (χ1) is 9.24. The van der Waals surface area contributed by atoms with Crippen LogP contribution in [0, 0.1) is 12.8 Å². The maximum Gasteiger partial charge on any atom is 0.260 e. The molecule has 5 heteroatoms. The lowest BCUT2D eigenvalue weighted by atomic mass is 9.89. The van der Waals surface area contributed by atoms with Gasteiger partial charge >= 0.3 is 0 Å². The fourth-order valence-electron chi connectivity index (χ4n) is 2.59. The molecule has 3 rings (SSSR count). The average Bonchev–Trinajstić information content (AvgIpc) is 2.82. The Bertz CT molecular complexity index is 600. The van der Waals surface area contributed by atoms with Crippen LogP contribution in [0.1, 0.15) is 37.8 Å². The van der Waals surface area contributed by atoms with Gasteiger partial charge < -0.3 is 9.84 Å². The summed E-state index contributed by atoms with van der Waals surface area (Å²) in [5.41, 5.74) is 1.34. The number of fused-ring (bicyclic) bond motifs is 1. The first kappa shape index (κ1) is 12.1. The van der Waals surface area contributed by atoms with E-state index in [9.17, 15) is 4.79 Å². The van der Waals surface area contributed by atoms with E-state index in [4.69, 9.17) is 4.52 Å². The quantitative estimate of drug-likeness (QED) is 0.900. The minimum atomic E-state index is 0.0514. The van der Waals surface area contributed by atoms with E-state index in [0.717, 1.165) is 36.8 Å². The maximum atomic E-state index is 12.2. The van der Waals surface area contributed by atoms with E-state index < -0.39 is 0 Å². The van der Waals surface area contributed by atoms with Crippen molar-refractivity contribution in [1.29, 1.82) is 0 Å². The highest BCUT2D eigenvalue weighted by Crippen LogP contribution is 2.26.